The molecule has 0 radical (unpaired) electrons. The topological polar surface area (TPSA) is 61.4 Å². The first-order valence-corrected chi connectivity index (χ1v) is 5.34. The predicted octanol–water partition coefficient (Wildman–Crippen LogP) is 1.97. The fourth-order valence-corrected chi connectivity index (χ4v) is 1.12. The smallest absolute Gasteiger partial charge is 0.319 e. The van der Waals surface area contributed by atoms with E-state index in [2.05, 4.69) is 10.6 Å². The summed E-state index contributed by atoms with van der Waals surface area (Å²) >= 11 is 0. The summed E-state index contributed by atoms with van der Waals surface area (Å²) < 4.78 is 12.8. The van der Waals surface area contributed by atoms with E-state index in [9.17, 15) is 9.18 Å². The number of rotatable bonds is 4. The molecule has 0 aliphatic heterocycles. The molecule has 0 saturated carbocycles. The van der Waals surface area contributed by atoms with E-state index in [1.807, 2.05) is 13.8 Å². The zero-order valence-corrected chi connectivity index (χ0v) is 9.96. The molecular weight excluding hydrogens is 223 g/mol. The van der Waals surface area contributed by atoms with E-state index < -0.39 is 11.8 Å². The van der Waals surface area contributed by atoms with Crippen molar-refractivity contribution in [2.45, 2.75) is 13.8 Å². The summed E-state index contributed by atoms with van der Waals surface area (Å²) in [5, 5.41) is 14.1. The maximum absolute atomic E-state index is 12.8. The van der Waals surface area contributed by atoms with Crippen LogP contribution in [0.3, 0.4) is 0 Å². The van der Waals surface area contributed by atoms with E-state index in [-0.39, 0.29) is 12.0 Å². The highest BCUT2D eigenvalue weighted by atomic mass is 19.1. The molecule has 0 unspecified atom stereocenters. The van der Waals surface area contributed by atoms with Crippen molar-refractivity contribution in [1.82, 2.24) is 5.32 Å². The van der Waals surface area contributed by atoms with E-state index in [1.54, 1.807) is 6.07 Å². The number of urea groups is 1. The molecule has 2 amide bonds. The molecule has 0 saturated heterocycles. The largest absolute Gasteiger partial charge is 0.396 e. The average Bonchev–Trinajstić information content (AvgIpc) is 2.27. The number of aliphatic hydroxyl groups is 1. The lowest BCUT2D eigenvalue weighted by Gasteiger charge is -2.21. The Morgan fingerprint density at radius 1 is 1.47 bits per heavy atom. The maximum Gasteiger partial charge on any atom is 0.319 e. The molecule has 0 heterocycles. The van der Waals surface area contributed by atoms with Crippen LogP contribution >= 0.6 is 0 Å². The second-order valence-electron chi connectivity index (χ2n) is 4.64. The van der Waals surface area contributed by atoms with Crippen LogP contribution < -0.4 is 10.6 Å². The molecule has 5 heteroatoms. The number of nitrogens with one attached hydrogen (secondary N) is 2. The van der Waals surface area contributed by atoms with Crippen LogP contribution in [-0.2, 0) is 0 Å². The lowest BCUT2D eigenvalue weighted by molar-refractivity contribution is 0.158. The number of hydrogen-bond donors (Lipinski definition) is 3. The summed E-state index contributed by atoms with van der Waals surface area (Å²) in [6, 6.07) is 5.23. The van der Waals surface area contributed by atoms with Crippen molar-refractivity contribution in [2.75, 3.05) is 18.5 Å². The minimum Gasteiger partial charge on any atom is -0.396 e. The van der Waals surface area contributed by atoms with Gasteiger partial charge in [-0.05, 0) is 18.2 Å². The van der Waals surface area contributed by atoms with Gasteiger partial charge in [0, 0.05) is 24.3 Å². The summed E-state index contributed by atoms with van der Waals surface area (Å²) in [7, 11) is 0. The van der Waals surface area contributed by atoms with Crippen LogP contribution in [0.25, 0.3) is 0 Å². The molecule has 0 fully saturated rings. The highest BCUT2D eigenvalue weighted by Crippen LogP contribution is 2.12. The van der Waals surface area contributed by atoms with Gasteiger partial charge in [0.1, 0.15) is 5.82 Å². The lowest BCUT2D eigenvalue weighted by Crippen LogP contribution is -2.38. The van der Waals surface area contributed by atoms with Crippen molar-refractivity contribution in [3.63, 3.8) is 0 Å². The standard InChI is InChI=1S/C12H17FN2O2/c1-12(2,8-16)7-14-11(17)15-10-5-3-4-9(13)6-10/h3-6,16H,7-8H2,1-2H3,(H2,14,15,17). The molecule has 4 nitrogen and oxygen atoms in total. The summed E-state index contributed by atoms with van der Waals surface area (Å²) in [4.78, 5) is 11.5. The molecule has 17 heavy (non-hydrogen) atoms. The van der Waals surface area contributed by atoms with Gasteiger partial charge in [-0.15, -0.1) is 0 Å². The van der Waals surface area contributed by atoms with Crippen molar-refractivity contribution in [2.24, 2.45) is 5.41 Å². The fraction of sp³-hybridized carbons (Fsp3) is 0.417. The zero-order valence-electron chi connectivity index (χ0n) is 9.96. The van der Waals surface area contributed by atoms with Crippen LogP contribution in [0.4, 0.5) is 14.9 Å². The minimum absolute atomic E-state index is 0.0206. The molecule has 0 aliphatic carbocycles. The summed E-state index contributed by atoms with van der Waals surface area (Å²) in [6.07, 6.45) is 0. The maximum atomic E-state index is 12.8. The number of aliphatic hydroxyl groups excluding tert-OH is 1. The number of benzene rings is 1. The number of hydrogen-bond acceptors (Lipinski definition) is 2. The first kappa shape index (κ1) is 13.4. The van der Waals surface area contributed by atoms with Gasteiger partial charge in [0.2, 0.25) is 0 Å². The van der Waals surface area contributed by atoms with Gasteiger partial charge in [-0.1, -0.05) is 19.9 Å². The summed E-state index contributed by atoms with van der Waals surface area (Å²) in [5.74, 6) is -0.404. The Hall–Kier alpha value is -1.62. The van der Waals surface area contributed by atoms with Crippen LogP contribution in [-0.4, -0.2) is 24.3 Å². The molecule has 3 N–H and O–H groups in total. The molecular formula is C12H17FN2O2. The van der Waals surface area contributed by atoms with Crippen molar-refractivity contribution >= 4 is 11.7 Å². The Balaban J connectivity index is 2.45. The van der Waals surface area contributed by atoms with Gasteiger partial charge in [0.15, 0.2) is 0 Å². The average molecular weight is 240 g/mol. The summed E-state index contributed by atoms with van der Waals surface area (Å²) in [5.41, 5.74) is 0.0172. The number of carbonyl (C=O) groups excluding carboxylic acids is 1. The molecule has 0 aliphatic rings. The van der Waals surface area contributed by atoms with E-state index in [1.165, 1.54) is 18.2 Å². The van der Waals surface area contributed by atoms with Crippen LogP contribution in [0.15, 0.2) is 24.3 Å². The normalized spacial score (nSPS) is 11.1. The molecule has 0 aromatic heterocycles. The van der Waals surface area contributed by atoms with Crippen molar-refractivity contribution in [3.8, 4) is 0 Å². The lowest BCUT2D eigenvalue weighted by atomic mass is 9.95. The molecule has 0 spiro atoms. The quantitative estimate of drug-likeness (QED) is 0.753. The van der Waals surface area contributed by atoms with E-state index in [0.717, 1.165) is 0 Å². The number of amides is 2. The molecule has 1 aromatic rings. The highest BCUT2D eigenvalue weighted by molar-refractivity contribution is 5.89. The summed E-state index contributed by atoms with van der Waals surface area (Å²) in [6.45, 7) is 3.98. The molecule has 94 valence electrons. The van der Waals surface area contributed by atoms with Crippen LogP contribution in [0.1, 0.15) is 13.8 Å². The van der Waals surface area contributed by atoms with E-state index in [4.69, 9.17) is 5.11 Å². The van der Waals surface area contributed by atoms with Crippen molar-refractivity contribution in [3.05, 3.63) is 30.1 Å². The number of carbonyl (C=O) groups is 1. The van der Waals surface area contributed by atoms with Gasteiger partial charge in [0.05, 0.1) is 0 Å². The van der Waals surface area contributed by atoms with Gasteiger partial charge >= 0.3 is 6.03 Å². The first-order chi connectivity index (χ1) is 7.93. The fourth-order valence-electron chi connectivity index (χ4n) is 1.12. The Kier molecular flexibility index (Phi) is 4.45. The second-order valence-corrected chi connectivity index (χ2v) is 4.64. The molecule has 1 aromatic carbocycles. The van der Waals surface area contributed by atoms with E-state index >= 15 is 0 Å². The van der Waals surface area contributed by atoms with Crippen LogP contribution in [0.2, 0.25) is 0 Å². The Morgan fingerprint density at radius 3 is 2.76 bits per heavy atom. The Labute approximate surface area is 99.8 Å². The predicted molar refractivity (Wildman–Crippen MR) is 64.3 cm³/mol. The minimum atomic E-state index is -0.419. The third-order valence-electron chi connectivity index (χ3n) is 2.24. The van der Waals surface area contributed by atoms with Crippen LogP contribution in [0.5, 0.6) is 0 Å². The van der Waals surface area contributed by atoms with Crippen molar-refractivity contribution in [1.29, 1.82) is 0 Å². The van der Waals surface area contributed by atoms with Gasteiger partial charge in [-0.2, -0.15) is 0 Å². The number of anilines is 1. The monoisotopic (exact) mass is 240 g/mol. The van der Waals surface area contributed by atoms with Gasteiger partial charge in [-0.3, -0.25) is 0 Å². The van der Waals surface area contributed by atoms with Gasteiger partial charge < -0.3 is 15.7 Å². The number of halogens is 1. The molecule has 0 atom stereocenters. The second kappa shape index (κ2) is 5.63. The molecule has 1 rings (SSSR count). The highest BCUT2D eigenvalue weighted by Gasteiger charge is 2.17. The zero-order chi connectivity index (χ0) is 12.9. The molecule has 0 bridgehead atoms. The van der Waals surface area contributed by atoms with Crippen molar-refractivity contribution < 1.29 is 14.3 Å². The van der Waals surface area contributed by atoms with Crippen LogP contribution in [0, 0.1) is 11.2 Å². The Bertz CT molecular complexity index is 394. The van der Waals surface area contributed by atoms with Gasteiger partial charge in [-0.25, -0.2) is 9.18 Å². The van der Waals surface area contributed by atoms with Gasteiger partial charge in [0.25, 0.3) is 0 Å². The van der Waals surface area contributed by atoms with E-state index in [0.29, 0.717) is 12.2 Å². The third kappa shape index (κ3) is 4.82. The first-order valence-electron chi connectivity index (χ1n) is 5.34. The SMILES string of the molecule is CC(C)(CO)CNC(=O)Nc1cccc(F)c1. The third-order valence-corrected chi connectivity index (χ3v) is 2.24. The Morgan fingerprint density at radius 2 is 2.18 bits per heavy atom.